The van der Waals surface area contributed by atoms with Crippen LogP contribution in [0, 0.1) is 5.92 Å². The van der Waals surface area contributed by atoms with Crippen molar-refractivity contribution in [2.24, 2.45) is 5.92 Å². The third kappa shape index (κ3) is 4.65. The highest BCUT2D eigenvalue weighted by atomic mass is 16.5. The van der Waals surface area contributed by atoms with Gasteiger partial charge in [0.1, 0.15) is 5.75 Å². The fraction of sp³-hybridized carbons (Fsp3) is 0.421. The predicted molar refractivity (Wildman–Crippen MR) is 102 cm³/mol. The van der Waals surface area contributed by atoms with E-state index in [1.54, 1.807) is 38.6 Å². The number of ether oxygens (including phenoxy) is 2. The van der Waals surface area contributed by atoms with Gasteiger partial charge in [-0.25, -0.2) is 4.68 Å². The molecule has 1 saturated heterocycles. The van der Waals surface area contributed by atoms with Gasteiger partial charge in [0.15, 0.2) is 0 Å². The van der Waals surface area contributed by atoms with Crippen molar-refractivity contribution in [1.82, 2.24) is 9.78 Å². The molecule has 1 aliphatic rings. The molecule has 27 heavy (non-hydrogen) atoms. The number of nitrogens with one attached hydrogen (secondary N) is 1. The lowest BCUT2D eigenvalue weighted by atomic mass is 10.1. The summed E-state index contributed by atoms with van der Waals surface area (Å²) in [5.41, 5.74) is 1.31. The van der Waals surface area contributed by atoms with Crippen LogP contribution in [0.25, 0.3) is 0 Å². The van der Waals surface area contributed by atoms with E-state index >= 15 is 0 Å². The van der Waals surface area contributed by atoms with E-state index in [0.717, 1.165) is 23.5 Å². The van der Waals surface area contributed by atoms with Crippen LogP contribution in [0.1, 0.15) is 6.42 Å². The van der Waals surface area contributed by atoms with Gasteiger partial charge >= 0.3 is 0 Å². The lowest BCUT2D eigenvalue weighted by molar-refractivity contribution is -0.119. The maximum atomic E-state index is 12.5. The van der Waals surface area contributed by atoms with Crippen molar-refractivity contribution in [2.45, 2.75) is 13.0 Å². The lowest BCUT2D eigenvalue weighted by Gasteiger charge is -2.18. The second kappa shape index (κ2) is 8.68. The minimum atomic E-state index is -0.171. The summed E-state index contributed by atoms with van der Waals surface area (Å²) in [6, 6.07) is 8.80. The Kier molecular flexibility index (Phi) is 6.08. The molecular weight excluding hydrogens is 348 g/mol. The number of nitrogens with zero attached hydrogens (tertiary/aromatic N) is 3. The van der Waals surface area contributed by atoms with Crippen molar-refractivity contribution in [3.8, 4) is 5.75 Å². The molecule has 1 aromatic carbocycles. The summed E-state index contributed by atoms with van der Waals surface area (Å²) < 4.78 is 11.5. The fourth-order valence-electron chi connectivity index (χ4n) is 3.07. The molecule has 2 aromatic rings. The average Bonchev–Trinajstić information content (AvgIpc) is 3.18. The standard InChI is InChI=1S/C19H24N4O4/c1-26-10-9-23-18(24)11-16(12-20-23)22-8-7-14(13-22)19(25)21-15-3-5-17(27-2)6-4-15/h3-6,11-12,14H,7-10,13H2,1-2H3,(H,21,25). The van der Waals surface area contributed by atoms with Crippen molar-refractivity contribution in [1.29, 1.82) is 0 Å². The molecule has 0 bridgehead atoms. The van der Waals surface area contributed by atoms with Crippen molar-refractivity contribution >= 4 is 17.3 Å². The molecule has 8 heteroatoms. The number of anilines is 2. The van der Waals surface area contributed by atoms with Crippen LogP contribution >= 0.6 is 0 Å². The monoisotopic (exact) mass is 372 g/mol. The van der Waals surface area contributed by atoms with Crippen LogP contribution in [-0.2, 0) is 16.1 Å². The summed E-state index contributed by atoms with van der Waals surface area (Å²) in [5, 5.41) is 7.12. The molecular formula is C19H24N4O4. The normalized spacial score (nSPS) is 16.4. The molecule has 0 spiro atoms. The number of carbonyl (C=O) groups is 1. The second-order valence-electron chi connectivity index (χ2n) is 6.42. The molecule has 1 N–H and O–H groups in total. The number of hydrogen-bond donors (Lipinski definition) is 1. The first-order valence-corrected chi connectivity index (χ1v) is 8.86. The zero-order valence-electron chi connectivity index (χ0n) is 15.6. The molecule has 8 nitrogen and oxygen atoms in total. The van der Waals surface area contributed by atoms with E-state index in [-0.39, 0.29) is 17.4 Å². The van der Waals surface area contributed by atoms with E-state index in [0.29, 0.717) is 26.2 Å². The Morgan fingerprint density at radius 1 is 1.30 bits per heavy atom. The number of hydrogen-bond acceptors (Lipinski definition) is 6. The first kappa shape index (κ1) is 18.9. The summed E-state index contributed by atoms with van der Waals surface area (Å²) in [6.45, 7) is 2.13. The van der Waals surface area contributed by atoms with Crippen molar-refractivity contribution in [3.05, 3.63) is 46.9 Å². The van der Waals surface area contributed by atoms with Crippen LogP contribution < -0.4 is 20.5 Å². The van der Waals surface area contributed by atoms with Gasteiger partial charge in [0.2, 0.25) is 5.91 Å². The first-order valence-electron chi connectivity index (χ1n) is 8.86. The summed E-state index contributed by atoms with van der Waals surface area (Å²) in [7, 11) is 3.19. The molecule has 1 atom stereocenters. The topological polar surface area (TPSA) is 85.7 Å². The molecule has 1 fully saturated rings. The number of carbonyl (C=O) groups excluding carboxylic acids is 1. The van der Waals surface area contributed by atoms with E-state index in [9.17, 15) is 9.59 Å². The van der Waals surface area contributed by atoms with Gasteiger partial charge in [0.25, 0.3) is 5.56 Å². The van der Waals surface area contributed by atoms with E-state index in [1.807, 2.05) is 17.0 Å². The van der Waals surface area contributed by atoms with Crippen LogP contribution in [-0.4, -0.2) is 49.6 Å². The van der Waals surface area contributed by atoms with Gasteiger partial charge in [-0.15, -0.1) is 0 Å². The smallest absolute Gasteiger partial charge is 0.268 e. The van der Waals surface area contributed by atoms with Crippen LogP contribution in [0.15, 0.2) is 41.3 Å². The third-order valence-corrected chi connectivity index (χ3v) is 4.64. The molecule has 1 aliphatic heterocycles. The Morgan fingerprint density at radius 2 is 2.07 bits per heavy atom. The maximum Gasteiger partial charge on any atom is 0.268 e. The number of amides is 1. The Hall–Kier alpha value is -2.87. The number of methoxy groups -OCH3 is 2. The molecule has 1 unspecified atom stereocenters. The van der Waals surface area contributed by atoms with Crippen molar-refractivity contribution in [2.75, 3.05) is 44.1 Å². The predicted octanol–water partition coefficient (Wildman–Crippen LogP) is 1.36. The Bertz CT molecular complexity index is 834. The molecule has 0 saturated carbocycles. The van der Waals surface area contributed by atoms with Gasteiger partial charge in [0, 0.05) is 32.0 Å². The van der Waals surface area contributed by atoms with Crippen molar-refractivity contribution in [3.63, 3.8) is 0 Å². The molecule has 0 aliphatic carbocycles. The Morgan fingerprint density at radius 3 is 2.74 bits per heavy atom. The lowest BCUT2D eigenvalue weighted by Crippen LogP contribution is -2.29. The SMILES string of the molecule is COCCn1ncc(N2CCC(C(=O)Nc3ccc(OC)cc3)C2)cc1=O. The molecule has 144 valence electrons. The van der Waals surface area contributed by atoms with Gasteiger partial charge in [-0.3, -0.25) is 9.59 Å². The van der Waals surface area contributed by atoms with Gasteiger partial charge in [0.05, 0.1) is 38.1 Å². The number of benzene rings is 1. The highest BCUT2D eigenvalue weighted by Gasteiger charge is 2.29. The molecule has 1 aromatic heterocycles. The van der Waals surface area contributed by atoms with Crippen LogP contribution in [0.4, 0.5) is 11.4 Å². The molecule has 0 radical (unpaired) electrons. The van der Waals surface area contributed by atoms with Crippen molar-refractivity contribution < 1.29 is 14.3 Å². The van der Waals surface area contributed by atoms with E-state index in [1.165, 1.54) is 4.68 Å². The maximum absolute atomic E-state index is 12.5. The van der Waals surface area contributed by atoms with Crippen LogP contribution in [0.5, 0.6) is 5.75 Å². The zero-order chi connectivity index (χ0) is 19.2. The molecule has 2 heterocycles. The van der Waals surface area contributed by atoms with Gasteiger partial charge < -0.3 is 19.7 Å². The van der Waals surface area contributed by atoms with Gasteiger partial charge in [-0.1, -0.05) is 0 Å². The number of rotatable bonds is 7. The van der Waals surface area contributed by atoms with Crippen LogP contribution in [0.2, 0.25) is 0 Å². The summed E-state index contributed by atoms with van der Waals surface area (Å²) in [5.74, 6) is 0.583. The summed E-state index contributed by atoms with van der Waals surface area (Å²) in [6.07, 6.45) is 2.40. The van der Waals surface area contributed by atoms with Gasteiger partial charge in [-0.2, -0.15) is 5.10 Å². The molecule has 3 rings (SSSR count). The highest BCUT2D eigenvalue weighted by Crippen LogP contribution is 2.24. The second-order valence-corrected chi connectivity index (χ2v) is 6.42. The van der Waals surface area contributed by atoms with E-state index < -0.39 is 0 Å². The Balaban J connectivity index is 1.59. The molecule has 1 amide bonds. The van der Waals surface area contributed by atoms with Gasteiger partial charge in [-0.05, 0) is 30.7 Å². The number of aromatic nitrogens is 2. The summed E-state index contributed by atoms with van der Waals surface area (Å²) in [4.78, 5) is 26.7. The zero-order valence-corrected chi connectivity index (χ0v) is 15.6. The first-order chi connectivity index (χ1) is 13.1. The van der Waals surface area contributed by atoms with E-state index in [2.05, 4.69) is 10.4 Å². The average molecular weight is 372 g/mol. The minimum Gasteiger partial charge on any atom is -0.497 e. The highest BCUT2D eigenvalue weighted by molar-refractivity contribution is 5.93. The fourth-order valence-corrected chi connectivity index (χ4v) is 3.07. The van der Waals surface area contributed by atoms with Crippen LogP contribution in [0.3, 0.4) is 0 Å². The Labute approximate surface area is 157 Å². The quantitative estimate of drug-likeness (QED) is 0.790. The van der Waals surface area contributed by atoms with E-state index in [4.69, 9.17) is 9.47 Å². The largest absolute Gasteiger partial charge is 0.497 e. The minimum absolute atomic E-state index is 0.0240. The summed E-state index contributed by atoms with van der Waals surface area (Å²) >= 11 is 0. The third-order valence-electron chi connectivity index (χ3n) is 4.64.